The molecule has 10 nitrogen and oxygen atoms in total. The van der Waals surface area contributed by atoms with Crippen LogP contribution in [0.4, 0.5) is 10.2 Å². The van der Waals surface area contributed by atoms with Gasteiger partial charge in [0.05, 0.1) is 6.21 Å². The molecule has 0 fully saturated rings. The Balaban J connectivity index is 1.68. The third-order valence-corrected chi connectivity index (χ3v) is 4.16. The van der Waals surface area contributed by atoms with Crippen LogP contribution in [-0.4, -0.2) is 37.4 Å². The summed E-state index contributed by atoms with van der Waals surface area (Å²) in [5.41, 5.74) is 10.8. The van der Waals surface area contributed by atoms with E-state index >= 15 is 0 Å². The smallest absolute Gasteiger partial charge is 0.294 e. The standard InChI is InChI=1S/C19H15FN8O2/c1-11-2-6-13(7-3-11)16-15(23-27-28(16)18-17(21)25-30-26-18)19(29)24-22-10-12-4-8-14(20)9-5-12/h2-10H,1H3,(H2,21,25)(H,24,29)/b22-10-. The number of hydrogen-bond donors (Lipinski definition) is 2. The first-order chi connectivity index (χ1) is 14.5. The Labute approximate surface area is 169 Å². The molecule has 2 aromatic carbocycles. The molecule has 1 amide bonds. The highest BCUT2D eigenvalue weighted by atomic mass is 19.1. The predicted octanol–water partition coefficient (Wildman–Crippen LogP) is 2.11. The molecule has 0 radical (unpaired) electrons. The van der Waals surface area contributed by atoms with Gasteiger partial charge in [-0.15, -0.1) is 5.10 Å². The molecule has 0 unspecified atom stereocenters. The van der Waals surface area contributed by atoms with Crippen molar-refractivity contribution < 1.29 is 13.8 Å². The van der Waals surface area contributed by atoms with E-state index in [2.05, 4.69) is 35.8 Å². The average Bonchev–Trinajstić information content (AvgIpc) is 3.36. The van der Waals surface area contributed by atoms with Gasteiger partial charge in [-0.05, 0) is 34.9 Å². The SMILES string of the molecule is Cc1ccc(-c2c(C(=O)N/N=C\c3ccc(F)cc3)nnn2-c2nonc2N)cc1. The molecule has 0 aliphatic carbocycles. The second kappa shape index (κ2) is 7.91. The third kappa shape index (κ3) is 3.76. The number of nitrogens with two attached hydrogens (primary N) is 1. The Hall–Kier alpha value is -4.41. The van der Waals surface area contributed by atoms with Gasteiger partial charge >= 0.3 is 0 Å². The first-order valence-electron chi connectivity index (χ1n) is 8.73. The van der Waals surface area contributed by atoms with Crippen molar-refractivity contribution in [2.75, 3.05) is 5.73 Å². The zero-order valence-electron chi connectivity index (χ0n) is 15.7. The molecule has 0 saturated carbocycles. The Bertz CT molecular complexity index is 1210. The van der Waals surface area contributed by atoms with Gasteiger partial charge in [0.25, 0.3) is 5.91 Å². The molecule has 0 bridgehead atoms. The Kier molecular flexibility index (Phi) is 4.99. The molecule has 0 saturated heterocycles. The van der Waals surface area contributed by atoms with Crippen LogP contribution in [0, 0.1) is 12.7 Å². The molecule has 150 valence electrons. The highest BCUT2D eigenvalue weighted by Crippen LogP contribution is 2.26. The van der Waals surface area contributed by atoms with E-state index in [1.807, 2.05) is 31.2 Å². The second-order valence-electron chi connectivity index (χ2n) is 6.29. The van der Waals surface area contributed by atoms with Crippen molar-refractivity contribution in [3.63, 3.8) is 0 Å². The van der Waals surface area contributed by atoms with E-state index in [1.54, 1.807) is 0 Å². The zero-order valence-corrected chi connectivity index (χ0v) is 15.7. The van der Waals surface area contributed by atoms with E-state index in [0.717, 1.165) is 5.56 Å². The summed E-state index contributed by atoms with van der Waals surface area (Å²) in [7, 11) is 0. The van der Waals surface area contributed by atoms with Gasteiger partial charge < -0.3 is 5.73 Å². The number of carbonyl (C=O) groups is 1. The zero-order chi connectivity index (χ0) is 21.1. The van der Waals surface area contributed by atoms with Gasteiger partial charge in [0.1, 0.15) is 11.5 Å². The first-order valence-corrected chi connectivity index (χ1v) is 8.73. The number of aryl methyl sites for hydroxylation is 1. The highest BCUT2D eigenvalue weighted by Gasteiger charge is 2.25. The number of nitrogen functional groups attached to an aromatic ring is 1. The minimum atomic E-state index is -0.606. The van der Waals surface area contributed by atoms with Gasteiger partial charge in [0.2, 0.25) is 11.6 Å². The van der Waals surface area contributed by atoms with E-state index in [1.165, 1.54) is 35.2 Å². The van der Waals surface area contributed by atoms with Gasteiger partial charge in [0.15, 0.2) is 5.69 Å². The number of anilines is 1. The van der Waals surface area contributed by atoms with Crippen LogP contribution in [0.2, 0.25) is 0 Å². The van der Waals surface area contributed by atoms with E-state index < -0.39 is 5.91 Å². The van der Waals surface area contributed by atoms with Crippen LogP contribution in [0.15, 0.2) is 58.3 Å². The van der Waals surface area contributed by atoms with Crippen molar-refractivity contribution in [3.05, 3.63) is 71.2 Å². The summed E-state index contributed by atoms with van der Waals surface area (Å²) in [6.45, 7) is 1.94. The molecule has 0 aliphatic rings. The Morgan fingerprint density at radius 3 is 2.57 bits per heavy atom. The highest BCUT2D eigenvalue weighted by molar-refractivity contribution is 5.98. The maximum Gasteiger partial charge on any atom is 0.294 e. The molecular weight excluding hydrogens is 391 g/mol. The fraction of sp³-hybridized carbons (Fsp3) is 0.0526. The minimum Gasteiger partial charge on any atom is -0.378 e. The molecule has 0 spiro atoms. The number of halogens is 1. The van der Waals surface area contributed by atoms with Crippen LogP contribution in [0.3, 0.4) is 0 Å². The number of rotatable bonds is 5. The fourth-order valence-electron chi connectivity index (χ4n) is 2.66. The topological polar surface area (TPSA) is 137 Å². The number of hydrogen-bond acceptors (Lipinski definition) is 8. The van der Waals surface area contributed by atoms with Crippen LogP contribution >= 0.6 is 0 Å². The number of hydrazone groups is 1. The molecule has 0 atom stereocenters. The van der Waals surface area contributed by atoms with Gasteiger partial charge in [-0.2, -0.15) is 9.78 Å². The molecule has 4 aromatic rings. The van der Waals surface area contributed by atoms with Gasteiger partial charge in [-0.3, -0.25) is 4.79 Å². The molecule has 30 heavy (non-hydrogen) atoms. The van der Waals surface area contributed by atoms with Gasteiger partial charge in [0, 0.05) is 5.56 Å². The number of aromatic nitrogens is 5. The van der Waals surface area contributed by atoms with Crippen molar-refractivity contribution >= 4 is 17.9 Å². The normalized spacial score (nSPS) is 11.1. The summed E-state index contributed by atoms with van der Waals surface area (Å²) in [5.74, 6) is -0.871. The quantitative estimate of drug-likeness (QED) is 0.382. The molecule has 2 heterocycles. The van der Waals surface area contributed by atoms with E-state index in [9.17, 15) is 9.18 Å². The maximum atomic E-state index is 13.0. The fourth-order valence-corrected chi connectivity index (χ4v) is 2.66. The molecular formula is C19H15FN8O2. The monoisotopic (exact) mass is 406 g/mol. The lowest BCUT2D eigenvalue weighted by atomic mass is 10.1. The van der Waals surface area contributed by atoms with E-state index in [0.29, 0.717) is 16.8 Å². The summed E-state index contributed by atoms with van der Waals surface area (Å²) >= 11 is 0. The van der Waals surface area contributed by atoms with Crippen LogP contribution in [0.5, 0.6) is 0 Å². The number of benzene rings is 2. The molecule has 3 N–H and O–H groups in total. The number of carbonyl (C=O) groups excluding carboxylic acids is 1. The Morgan fingerprint density at radius 2 is 1.90 bits per heavy atom. The molecule has 4 rings (SSSR count). The largest absolute Gasteiger partial charge is 0.378 e. The summed E-state index contributed by atoms with van der Waals surface area (Å²) in [6, 6.07) is 13.0. The molecule has 11 heteroatoms. The summed E-state index contributed by atoms with van der Waals surface area (Å²) in [6.07, 6.45) is 1.38. The van der Waals surface area contributed by atoms with Crippen molar-refractivity contribution in [3.8, 4) is 17.1 Å². The van der Waals surface area contributed by atoms with Crippen molar-refractivity contribution in [2.24, 2.45) is 5.10 Å². The maximum absolute atomic E-state index is 13.0. The molecule has 0 aliphatic heterocycles. The van der Waals surface area contributed by atoms with E-state index in [4.69, 9.17) is 5.73 Å². The second-order valence-corrected chi connectivity index (χ2v) is 6.29. The van der Waals surface area contributed by atoms with E-state index in [-0.39, 0.29) is 23.1 Å². The van der Waals surface area contributed by atoms with Crippen LogP contribution in [0.25, 0.3) is 17.1 Å². The van der Waals surface area contributed by atoms with Crippen LogP contribution < -0.4 is 11.2 Å². The lowest BCUT2D eigenvalue weighted by Crippen LogP contribution is -2.19. The van der Waals surface area contributed by atoms with Crippen molar-refractivity contribution in [1.82, 2.24) is 30.7 Å². The number of nitrogens with zero attached hydrogens (tertiary/aromatic N) is 6. The minimum absolute atomic E-state index is 0.00231. The van der Waals surface area contributed by atoms with Crippen LogP contribution in [0.1, 0.15) is 21.6 Å². The van der Waals surface area contributed by atoms with Crippen LogP contribution in [-0.2, 0) is 0 Å². The third-order valence-electron chi connectivity index (χ3n) is 4.16. The predicted molar refractivity (Wildman–Crippen MR) is 105 cm³/mol. The Morgan fingerprint density at radius 1 is 1.17 bits per heavy atom. The van der Waals surface area contributed by atoms with Crippen molar-refractivity contribution in [2.45, 2.75) is 6.92 Å². The van der Waals surface area contributed by atoms with Gasteiger partial charge in [-0.1, -0.05) is 47.2 Å². The lowest BCUT2D eigenvalue weighted by molar-refractivity contribution is 0.0950. The lowest BCUT2D eigenvalue weighted by Gasteiger charge is -2.06. The summed E-state index contributed by atoms with van der Waals surface area (Å²) in [5, 5.41) is 19.1. The van der Waals surface area contributed by atoms with Crippen molar-refractivity contribution in [1.29, 1.82) is 0 Å². The summed E-state index contributed by atoms with van der Waals surface area (Å²) < 4.78 is 18.9. The van der Waals surface area contributed by atoms with Gasteiger partial charge in [-0.25, -0.2) is 14.4 Å². The first kappa shape index (κ1) is 18.9. The summed E-state index contributed by atoms with van der Waals surface area (Å²) in [4.78, 5) is 12.7. The number of nitrogens with one attached hydrogen (secondary N) is 1. The number of amides is 1. The average molecular weight is 406 g/mol. The molecule has 2 aromatic heterocycles.